The van der Waals surface area contributed by atoms with E-state index < -0.39 is 47.6 Å². The maximum absolute atomic E-state index is 12.7. The lowest BCUT2D eigenvalue weighted by Gasteiger charge is -2.24. The van der Waals surface area contributed by atoms with Crippen LogP contribution in [-0.4, -0.2) is 70.9 Å². The summed E-state index contributed by atoms with van der Waals surface area (Å²) in [6.07, 6.45) is -0.188. The number of carbonyl (C=O) groups excluding carboxylic acids is 2. The van der Waals surface area contributed by atoms with Gasteiger partial charge in [-0.05, 0) is 39.0 Å². The molecule has 0 spiro atoms. The van der Waals surface area contributed by atoms with E-state index in [9.17, 15) is 13.8 Å². The Labute approximate surface area is 219 Å². The molecule has 1 unspecified atom stereocenters. The van der Waals surface area contributed by atoms with E-state index in [0.717, 1.165) is 0 Å². The summed E-state index contributed by atoms with van der Waals surface area (Å²) in [5.74, 6) is -1.10. The minimum atomic E-state index is -2.25. The second kappa shape index (κ2) is 10.2. The van der Waals surface area contributed by atoms with Gasteiger partial charge in [0.25, 0.3) is 17.2 Å². The standard InChI is InChI=1S/C22H26N8O7S/c1-4-23-19(31)15-14-16(37-22(2,3)36-14)20(35-15)30-10-26-13-17(24-9-25-18(13)30)28-21(32)27-11-6-5-7-12(8-11)29-38(33)34/h5-10,14-16,20,29H,4H2,1-3H3,(H,23,31)(H,33,34)(H2,24,25,27,28,32)/t14-,15+,16-,20-/m1/s1. The molecule has 0 saturated carbocycles. The summed E-state index contributed by atoms with van der Waals surface area (Å²) in [4.78, 5) is 38.2. The van der Waals surface area contributed by atoms with Crippen LogP contribution < -0.4 is 20.7 Å². The predicted octanol–water partition coefficient (Wildman–Crippen LogP) is 1.57. The van der Waals surface area contributed by atoms with Gasteiger partial charge in [0.15, 0.2) is 35.1 Å². The number of amides is 3. The van der Waals surface area contributed by atoms with Crippen LogP contribution >= 0.6 is 0 Å². The molecular weight excluding hydrogens is 520 g/mol. The number of likely N-dealkylation sites (N-methyl/N-ethyl adjacent to an activating group) is 1. The molecule has 2 saturated heterocycles. The zero-order chi connectivity index (χ0) is 27.0. The molecule has 4 heterocycles. The molecule has 15 nitrogen and oxygen atoms in total. The van der Waals surface area contributed by atoms with Gasteiger partial charge in [-0.15, -0.1) is 0 Å². The third-order valence-electron chi connectivity index (χ3n) is 5.83. The van der Waals surface area contributed by atoms with Gasteiger partial charge in [-0.1, -0.05) is 6.07 Å². The average Bonchev–Trinajstić information content (AvgIpc) is 3.50. The Morgan fingerprint density at radius 3 is 2.66 bits per heavy atom. The smallest absolute Gasteiger partial charge is 0.324 e. The van der Waals surface area contributed by atoms with Gasteiger partial charge in [0.05, 0.1) is 12.0 Å². The van der Waals surface area contributed by atoms with Crippen LogP contribution in [0, 0.1) is 0 Å². The fourth-order valence-corrected chi connectivity index (χ4v) is 4.78. The van der Waals surface area contributed by atoms with E-state index >= 15 is 0 Å². The molecule has 2 aromatic heterocycles. The van der Waals surface area contributed by atoms with Crippen LogP contribution in [0.4, 0.5) is 22.0 Å². The quantitative estimate of drug-likeness (QED) is 0.272. The molecule has 2 aliphatic heterocycles. The Hall–Kier alpha value is -3.70. The highest BCUT2D eigenvalue weighted by Crippen LogP contribution is 2.44. The Kier molecular flexibility index (Phi) is 6.97. The van der Waals surface area contributed by atoms with Crippen molar-refractivity contribution in [3.05, 3.63) is 36.9 Å². The number of hydrogen-bond donors (Lipinski definition) is 5. The van der Waals surface area contributed by atoms with Gasteiger partial charge in [-0.2, -0.15) is 0 Å². The van der Waals surface area contributed by atoms with Gasteiger partial charge in [0, 0.05) is 12.2 Å². The minimum absolute atomic E-state index is 0.135. The molecule has 5 atom stereocenters. The average molecular weight is 547 g/mol. The number of hydrogen-bond acceptors (Lipinski definition) is 9. The number of anilines is 3. The van der Waals surface area contributed by atoms with Gasteiger partial charge in [-0.25, -0.2) is 24.0 Å². The molecular formula is C22H26N8O7S. The Morgan fingerprint density at radius 1 is 1.13 bits per heavy atom. The van der Waals surface area contributed by atoms with Crippen LogP contribution in [0.5, 0.6) is 0 Å². The number of fused-ring (bicyclic) bond motifs is 2. The number of imidazole rings is 1. The Morgan fingerprint density at radius 2 is 1.89 bits per heavy atom. The van der Waals surface area contributed by atoms with Crippen LogP contribution in [0.3, 0.4) is 0 Å². The first-order chi connectivity index (χ1) is 18.1. The molecule has 0 aliphatic carbocycles. The summed E-state index contributed by atoms with van der Waals surface area (Å²) < 4.78 is 42.0. The number of nitrogens with one attached hydrogen (secondary N) is 4. The summed E-state index contributed by atoms with van der Waals surface area (Å²) in [7, 11) is 0. The summed E-state index contributed by atoms with van der Waals surface area (Å²) in [5, 5.41) is 8.02. The lowest BCUT2D eigenvalue weighted by atomic mass is 10.1. The number of nitrogens with zero attached hydrogens (tertiary/aromatic N) is 4. The van der Waals surface area contributed by atoms with Crippen molar-refractivity contribution in [2.75, 3.05) is 21.9 Å². The van der Waals surface area contributed by atoms with Gasteiger partial charge < -0.3 is 24.8 Å². The molecule has 38 heavy (non-hydrogen) atoms. The number of carbonyl (C=O) groups is 2. The molecule has 202 valence electrons. The molecule has 1 aromatic carbocycles. The van der Waals surface area contributed by atoms with Crippen molar-refractivity contribution in [3.63, 3.8) is 0 Å². The molecule has 0 bridgehead atoms. The van der Waals surface area contributed by atoms with E-state index in [1.54, 1.807) is 36.6 Å². The number of rotatable bonds is 7. The molecule has 0 radical (unpaired) electrons. The third kappa shape index (κ3) is 5.16. The molecule has 2 aliphatic rings. The van der Waals surface area contributed by atoms with Crippen LogP contribution in [-0.2, 0) is 30.3 Å². The predicted molar refractivity (Wildman–Crippen MR) is 135 cm³/mol. The Bertz CT molecular complexity index is 1400. The SMILES string of the molecule is CCNC(=O)[C@H]1O[C@@H](n2cnc3c(NC(=O)Nc4cccc(NS(=O)O)c4)ncnc32)[C@@H]2OC(C)(C)O[C@@H]21. The van der Waals surface area contributed by atoms with E-state index in [1.165, 1.54) is 18.7 Å². The number of urea groups is 1. The van der Waals surface area contributed by atoms with Crippen molar-refractivity contribution in [1.29, 1.82) is 0 Å². The lowest BCUT2D eigenvalue weighted by Crippen LogP contribution is -2.42. The van der Waals surface area contributed by atoms with Crippen molar-refractivity contribution >= 4 is 51.6 Å². The van der Waals surface area contributed by atoms with Crippen LogP contribution in [0.25, 0.3) is 11.2 Å². The highest BCUT2D eigenvalue weighted by molar-refractivity contribution is 7.80. The van der Waals surface area contributed by atoms with Gasteiger partial charge in [0.1, 0.15) is 18.5 Å². The lowest BCUT2D eigenvalue weighted by molar-refractivity contribution is -0.197. The molecule has 16 heteroatoms. The summed E-state index contributed by atoms with van der Waals surface area (Å²) in [6, 6.07) is 5.66. The zero-order valence-corrected chi connectivity index (χ0v) is 21.4. The normalized spacial score (nSPS) is 24.5. The monoisotopic (exact) mass is 546 g/mol. The summed E-state index contributed by atoms with van der Waals surface area (Å²) in [5.41, 5.74) is 1.35. The second-order valence-electron chi connectivity index (χ2n) is 8.96. The Balaban J connectivity index is 1.37. The largest absolute Gasteiger partial charge is 0.354 e. The van der Waals surface area contributed by atoms with Gasteiger partial charge in [-0.3, -0.25) is 24.0 Å². The highest BCUT2D eigenvalue weighted by atomic mass is 32.2. The van der Waals surface area contributed by atoms with E-state index in [1.807, 2.05) is 6.92 Å². The van der Waals surface area contributed by atoms with E-state index in [4.69, 9.17) is 18.8 Å². The van der Waals surface area contributed by atoms with Crippen LogP contribution in [0.1, 0.15) is 27.0 Å². The van der Waals surface area contributed by atoms with Crippen molar-refractivity contribution in [3.8, 4) is 0 Å². The molecule has 3 aromatic rings. The summed E-state index contributed by atoms with van der Waals surface area (Å²) in [6.45, 7) is 5.78. The summed E-state index contributed by atoms with van der Waals surface area (Å²) >= 11 is -2.25. The maximum Gasteiger partial charge on any atom is 0.324 e. The zero-order valence-electron chi connectivity index (χ0n) is 20.6. The minimum Gasteiger partial charge on any atom is -0.354 e. The van der Waals surface area contributed by atoms with Crippen molar-refractivity contribution in [2.45, 2.75) is 51.1 Å². The molecule has 3 amide bonds. The van der Waals surface area contributed by atoms with Crippen molar-refractivity contribution in [1.82, 2.24) is 24.8 Å². The molecule has 2 fully saturated rings. The van der Waals surface area contributed by atoms with Gasteiger partial charge in [0.2, 0.25) is 0 Å². The van der Waals surface area contributed by atoms with E-state index in [-0.39, 0.29) is 17.2 Å². The van der Waals surface area contributed by atoms with E-state index in [0.29, 0.717) is 23.6 Å². The number of ether oxygens (including phenoxy) is 3. The van der Waals surface area contributed by atoms with Crippen LogP contribution in [0.15, 0.2) is 36.9 Å². The van der Waals surface area contributed by atoms with Crippen molar-refractivity contribution < 1.29 is 32.6 Å². The third-order valence-corrected chi connectivity index (χ3v) is 6.24. The highest BCUT2D eigenvalue weighted by Gasteiger charge is 2.58. The number of aromatic nitrogens is 4. The fraction of sp³-hybridized carbons (Fsp3) is 0.409. The fourth-order valence-electron chi connectivity index (χ4n) is 4.45. The first-order valence-electron chi connectivity index (χ1n) is 11.7. The van der Waals surface area contributed by atoms with Crippen molar-refractivity contribution in [2.24, 2.45) is 0 Å². The van der Waals surface area contributed by atoms with Gasteiger partial charge >= 0.3 is 6.03 Å². The molecule has 5 rings (SSSR count). The topological polar surface area (TPSA) is 191 Å². The number of benzene rings is 1. The molecule has 5 N–H and O–H groups in total. The van der Waals surface area contributed by atoms with Crippen LogP contribution in [0.2, 0.25) is 0 Å². The first-order valence-corrected chi connectivity index (χ1v) is 12.8. The first kappa shape index (κ1) is 25.9. The second-order valence-corrected chi connectivity index (χ2v) is 9.67. The maximum atomic E-state index is 12.7. The van der Waals surface area contributed by atoms with E-state index in [2.05, 4.69) is 35.6 Å².